The number of benzene rings is 1. The quantitative estimate of drug-likeness (QED) is 0.827. The molecule has 1 amide bonds. The lowest BCUT2D eigenvalue weighted by atomic mass is 9.88. The fraction of sp³-hybridized carbons (Fsp3) is 0.682. The molecule has 4 nitrogen and oxygen atoms in total. The zero-order valence-electron chi connectivity index (χ0n) is 16.8. The minimum atomic E-state index is 0.151. The minimum absolute atomic E-state index is 0.151. The zero-order chi connectivity index (χ0) is 18.5. The Morgan fingerprint density at radius 1 is 1.00 bits per heavy atom. The fourth-order valence-corrected chi connectivity index (χ4v) is 4.65. The van der Waals surface area contributed by atoms with E-state index in [2.05, 4.69) is 54.3 Å². The van der Waals surface area contributed by atoms with Crippen LogP contribution in [-0.2, 0) is 4.79 Å². The second kappa shape index (κ2) is 9.01. The van der Waals surface area contributed by atoms with Crippen molar-refractivity contribution in [3.8, 4) is 0 Å². The van der Waals surface area contributed by atoms with E-state index in [1.807, 2.05) is 0 Å². The maximum absolute atomic E-state index is 12.5. The third-order valence-corrected chi connectivity index (χ3v) is 6.13. The smallest absolute Gasteiger partial charge is 0.224 e. The molecule has 2 heterocycles. The number of para-hydroxylation sites is 1. The van der Waals surface area contributed by atoms with E-state index in [4.69, 9.17) is 0 Å². The van der Waals surface area contributed by atoms with Gasteiger partial charge in [0, 0.05) is 18.5 Å². The maximum atomic E-state index is 12.5. The van der Waals surface area contributed by atoms with E-state index >= 15 is 0 Å². The summed E-state index contributed by atoms with van der Waals surface area (Å²) in [6.45, 7) is 4.34. The van der Waals surface area contributed by atoms with Gasteiger partial charge in [-0.3, -0.25) is 14.6 Å². The second-order valence-electron chi connectivity index (χ2n) is 8.09. The van der Waals surface area contributed by atoms with Crippen LogP contribution < -0.4 is 5.32 Å². The SMILES string of the molecule is CCCC(=O)Nc1c(C2CCCCN2C)cccc1C1CCCCN1C. The number of hydrogen-bond donors (Lipinski definition) is 1. The molecule has 1 aromatic rings. The van der Waals surface area contributed by atoms with Gasteiger partial charge in [-0.15, -0.1) is 0 Å². The molecule has 1 aromatic carbocycles. The van der Waals surface area contributed by atoms with E-state index in [0.29, 0.717) is 18.5 Å². The van der Waals surface area contributed by atoms with Crippen molar-refractivity contribution in [2.45, 2.75) is 70.4 Å². The van der Waals surface area contributed by atoms with Gasteiger partial charge in [0.15, 0.2) is 0 Å². The number of nitrogens with one attached hydrogen (secondary N) is 1. The highest BCUT2D eigenvalue weighted by Crippen LogP contribution is 2.41. The first-order valence-corrected chi connectivity index (χ1v) is 10.4. The van der Waals surface area contributed by atoms with Crippen LogP contribution >= 0.6 is 0 Å². The largest absolute Gasteiger partial charge is 0.325 e. The van der Waals surface area contributed by atoms with E-state index in [-0.39, 0.29) is 5.91 Å². The number of hydrogen-bond acceptors (Lipinski definition) is 3. The van der Waals surface area contributed by atoms with Crippen LogP contribution in [0.1, 0.15) is 81.5 Å². The van der Waals surface area contributed by atoms with Crippen LogP contribution in [0.3, 0.4) is 0 Å². The Balaban J connectivity index is 1.99. The molecule has 0 spiro atoms. The predicted octanol–water partition coefficient (Wildman–Crippen LogP) is 4.74. The molecule has 2 fully saturated rings. The van der Waals surface area contributed by atoms with Crippen molar-refractivity contribution in [1.29, 1.82) is 0 Å². The molecular weight excluding hydrogens is 322 g/mol. The van der Waals surface area contributed by atoms with Crippen LogP contribution in [0.5, 0.6) is 0 Å². The van der Waals surface area contributed by atoms with E-state index in [0.717, 1.165) is 25.2 Å². The molecule has 144 valence electrons. The summed E-state index contributed by atoms with van der Waals surface area (Å²) in [4.78, 5) is 17.4. The summed E-state index contributed by atoms with van der Waals surface area (Å²) >= 11 is 0. The van der Waals surface area contributed by atoms with Crippen LogP contribution in [0.4, 0.5) is 5.69 Å². The van der Waals surface area contributed by atoms with Crippen LogP contribution in [0.15, 0.2) is 18.2 Å². The van der Waals surface area contributed by atoms with Crippen LogP contribution in [0.25, 0.3) is 0 Å². The molecule has 0 saturated carbocycles. The molecular formula is C22H35N3O. The van der Waals surface area contributed by atoms with Crippen molar-refractivity contribution in [2.24, 2.45) is 0 Å². The highest BCUT2D eigenvalue weighted by molar-refractivity contribution is 5.92. The van der Waals surface area contributed by atoms with Gasteiger partial charge in [-0.1, -0.05) is 38.0 Å². The molecule has 2 aliphatic rings. The molecule has 0 radical (unpaired) electrons. The lowest BCUT2D eigenvalue weighted by Gasteiger charge is -2.37. The molecule has 2 saturated heterocycles. The Labute approximate surface area is 158 Å². The van der Waals surface area contributed by atoms with Gasteiger partial charge in [0.25, 0.3) is 0 Å². The Kier molecular flexibility index (Phi) is 6.71. The summed E-state index contributed by atoms with van der Waals surface area (Å²) in [5, 5.41) is 3.32. The molecule has 2 unspecified atom stereocenters. The van der Waals surface area contributed by atoms with Crippen LogP contribution in [0, 0.1) is 0 Å². The Hall–Kier alpha value is -1.39. The summed E-state index contributed by atoms with van der Waals surface area (Å²) in [6.07, 6.45) is 8.92. The number of amides is 1. The molecule has 26 heavy (non-hydrogen) atoms. The number of carbonyl (C=O) groups excluding carboxylic acids is 1. The Bertz CT molecular complexity index is 575. The van der Waals surface area contributed by atoms with E-state index in [1.54, 1.807) is 0 Å². The van der Waals surface area contributed by atoms with Crippen molar-refractivity contribution in [2.75, 3.05) is 32.5 Å². The Morgan fingerprint density at radius 3 is 2.00 bits per heavy atom. The van der Waals surface area contributed by atoms with E-state index < -0.39 is 0 Å². The molecule has 0 aliphatic carbocycles. The average Bonchev–Trinajstić information content (AvgIpc) is 2.63. The monoisotopic (exact) mass is 357 g/mol. The molecule has 2 aliphatic heterocycles. The van der Waals surface area contributed by atoms with Crippen molar-refractivity contribution in [1.82, 2.24) is 9.80 Å². The van der Waals surface area contributed by atoms with Gasteiger partial charge in [0.1, 0.15) is 0 Å². The van der Waals surface area contributed by atoms with Crippen molar-refractivity contribution in [3.63, 3.8) is 0 Å². The van der Waals surface area contributed by atoms with E-state index in [1.165, 1.54) is 49.7 Å². The topological polar surface area (TPSA) is 35.6 Å². The van der Waals surface area contributed by atoms with Gasteiger partial charge in [0.2, 0.25) is 5.91 Å². The summed E-state index contributed by atoms with van der Waals surface area (Å²) < 4.78 is 0. The summed E-state index contributed by atoms with van der Waals surface area (Å²) in [6, 6.07) is 7.50. The number of rotatable bonds is 5. The van der Waals surface area contributed by atoms with Crippen molar-refractivity contribution < 1.29 is 4.79 Å². The van der Waals surface area contributed by atoms with E-state index in [9.17, 15) is 4.79 Å². The summed E-state index contributed by atoms with van der Waals surface area (Å²) in [5.74, 6) is 0.151. The van der Waals surface area contributed by atoms with Crippen molar-refractivity contribution in [3.05, 3.63) is 29.3 Å². The molecule has 3 rings (SSSR count). The standard InChI is InChI=1S/C22H35N3O/c1-4-10-21(26)23-22-17(19-13-5-7-15-24(19)2)11-9-12-18(22)20-14-6-8-16-25(20)3/h9,11-12,19-20H,4-8,10,13-16H2,1-3H3,(H,23,26). The number of piperidine rings is 2. The second-order valence-corrected chi connectivity index (χ2v) is 8.09. The lowest BCUT2D eigenvalue weighted by molar-refractivity contribution is -0.116. The zero-order valence-corrected chi connectivity index (χ0v) is 16.8. The van der Waals surface area contributed by atoms with Gasteiger partial charge in [-0.05, 0) is 70.4 Å². The number of likely N-dealkylation sites (tertiary alicyclic amines) is 2. The predicted molar refractivity (Wildman–Crippen MR) is 108 cm³/mol. The van der Waals surface area contributed by atoms with Gasteiger partial charge < -0.3 is 5.32 Å². The van der Waals surface area contributed by atoms with Gasteiger partial charge in [-0.25, -0.2) is 0 Å². The fourth-order valence-electron chi connectivity index (χ4n) is 4.65. The molecule has 4 heteroatoms. The minimum Gasteiger partial charge on any atom is -0.325 e. The molecule has 1 N–H and O–H groups in total. The molecule has 0 aromatic heterocycles. The average molecular weight is 358 g/mol. The Morgan fingerprint density at radius 2 is 1.54 bits per heavy atom. The van der Waals surface area contributed by atoms with Crippen LogP contribution in [0.2, 0.25) is 0 Å². The highest BCUT2D eigenvalue weighted by Gasteiger charge is 2.29. The highest BCUT2D eigenvalue weighted by atomic mass is 16.1. The maximum Gasteiger partial charge on any atom is 0.224 e. The first kappa shape index (κ1) is 19.4. The lowest BCUT2D eigenvalue weighted by Crippen LogP contribution is -2.33. The van der Waals surface area contributed by atoms with Crippen LogP contribution in [-0.4, -0.2) is 42.9 Å². The number of carbonyl (C=O) groups is 1. The normalized spacial score (nSPS) is 25.2. The molecule has 2 atom stereocenters. The van der Waals surface area contributed by atoms with Crippen molar-refractivity contribution >= 4 is 11.6 Å². The van der Waals surface area contributed by atoms with Gasteiger partial charge in [0.05, 0.1) is 5.69 Å². The first-order valence-electron chi connectivity index (χ1n) is 10.4. The molecule has 0 bridgehead atoms. The van der Waals surface area contributed by atoms with Gasteiger partial charge in [-0.2, -0.15) is 0 Å². The number of anilines is 1. The summed E-state index contributed by atoms with van der Waals surface area (Å²) in [5.41, 5.74) is 3.73. The third-order valence-electron chi connectivity index (χ3n) is 6.13. The summed E-state index contributed by atoms with van der Waals surface area (Å²) in [7, 11) is 4.45. The third kappa shape index (κ3) is 4.29. The van der Waals surface area contributed by atoms with Gasteiger partial charge >= 0.3 is 0 Å². The number of nitrogens with zero attached hydrogens (tertiary/aromatic N) is 2. The first-order chi connectivity index (χ1) is 12.6.